The molecule has 0 saturated carbocycles. The summed E-state index contributed by atoms with van der Waals surface area (Å²) in [6.07, 6.45) is 4.50. The third kappa shape index (κ3) is 12.8. The van der Waals surface area contributed by atoms with Gasteiger partial charge >= 0.3 is 0 Å². The molecular weight excluding hydrogens is 879 g/mol. The first kappa shape index (κ1) is 48.9. The van der Waals surface area contributed by atoms with Crippen molar-refractivity contribution in [1.29, 1.82) is 0 Å². The van der Waals surface area contributed by atoms with Crippen molar-refractivity contribution in [3.8, 4) is 0 Å². The van der Waals surface area contributed by atoms with E-state index in [9.17, 15) is 0 Å². The third-order valence-electron chi connectivity index (χ3n) is 14.2. The van der Waals surface area contributed by atoms with Crippen LogP contribution in [0.5, 0.6) is 0 Å². The van der Waals surface area contributed by atoms with Crippen LogP contribution in [-0.2, 0) is 0 Å². The van der Waals surface area contributed by atoms with Crippen LogP contribution in [0.1, 0.15) is 115 Å². The fourth-order valence-electron chi connectivity index (χ4n) is 10.4. The van der Waals surface area contributed by atoms with E-state index in [4.69, 9.17) is 4.98 Å². The van der Waals surface area contributed by atoms with Crippen molar-refractivity contribution in [3.63, 3.8) is 0 Å². The van der Waals surface area contributed by atoms with E-state index in [1.165, 1.54) is 44.5 Å². The van der Waals surface area contributed by atoms with E-state index < -0.39 is 0 Å². The normalized spacial score (nSPS) is 11.3. The number of carbonyl (C=O) groups excluding carboxylic acids is 2. The van der Waals surface area contributed by atoms with Crippen molar-refractivity contribution < 1.29 is 9.59 Å². The Labute approximate surface area is 426 Å². The summed E-state index contributed by atoms with van der Waals surface area (Å²) in [5.74, 6) is 0.00784. The van der Waals surface area contributed by atoms with Crippen LogP contribution in [0.3, 0.4) is 0 Å². The largest absolute Gasteiger partial charge is 0.339 e. The average molecular weight is 942 g/mol. The lowest BCUT2D eigenvalue weighted by molar-refractivity contribution is 0.0741. The summed E-state index contributed by atoms with van der Waals surface area (Å²) in [6.45, 7) is 2.02. The van der Waals surface area contributed by atoms with Crippen molar-refractivity contribution in [3.05, 3.63) is 317 Å². The number of hydrogen-bond acceptors (Lipinski definition) is 3. The molecule has 0 aliphatic carbocycles. The Hall–Kier alpha value is -8.15. The maximum Gasteiger partial charge on any atom is 0.272 e. The molecule has 5 nitrogen and oxygen atoms in total. The number of aromatic nitrogens is 1. The monoisotopic (exact) mass is 941 g/mol. The molecule has 358 valence electrons. The van der Waals surface area contributed by atoms with E-state index in [0.717, 1.165) is 12.8 Å². The molecule has 1 aromatic heterocycles. The van der Waals surface area contributed by atoms with Gasteiger partial charge in [0.05, 0.1) is 0 Å². The van der Waals surface area contributed by atoms with E-state index in [1.54, 1.807) is 18.3 Å². The zero-order valence-corrected chi connectivity index (χ0v) is 41.0. The Kier molecular flexibility index (Phi) is 17.0. The summed E-state index contributed by atoms with van der Waals surface area (Å²) < 4.78 is 0. The Morgan fingerprint density at radius 1 is 0.306 bits per heavy atom. The van der Waals surface area contributed by atoms with Gasteiger partial charge in [-0.05, 0) is 82.3 Å². The van der Waals surface area contributed by atoms with Gasteiger partial charge in [-0.3, -0.25) is 14.6 Å². The number of benzene rings is 8. The second-order valence-corrected chi connectivity index (χ2v) is 18.7. The van der Waals surface area contributed by atoms with Gasteiger partial charge in [-0.15, -0.1) is 0 Å². The van der Waals surface area contributed by atoms with Crippen LogP contribution in [0.25, 0.3) is 0 Å². The van der Waals surface area contributed by atoms with Gasteiger partial charge in [-0.1, -0.05) is 243 Å². The molecule has 72 heavy (non-hydrogen) atoms. The van der Waals surface area contributed by atoms with Crippen LogP contribution in [0.15, 0.2) is 261 Å². The van der Waals surface area contributed by atoms with Crippen molar-refractivity contribution in [1.82, 2.24) is 14.8 Å². The number of carbonyl (C=O) groups is 2. The summed E-state index contributed by atoms with van der Waals surface area (Å²) in [5, 5.41) is 0. The van der Waals surface area contributed by atoms with Gasteiger partial charge in [0, 0.05) is 61.6 Å². The lowest BCUT2D eigenvalue weighted by atomic mass is 9.87. The van der Waals surface area contributed by atoms with Gasteiger partial charge in [0.15, 0.2) is 0 Å². The molecule has 0 aliphatic rings. The minimum Gasteiger partial charge on any atom is -0.339 e. The minimum absolute atomic E-state index is 0.0716. The molecule has 0 N–H and O–H groups in total. The molecule has 0 bridgehead atoms. The van der Waals surface area contributed by atoms with Gasteiger partial charge in [0.1, 0.15) is 5.69 Å². The van der Waals surface area contributed by atoms with E-state index in [-0.39, 0.29) is 41.2 Å². The van der Waals surface area contributed by atoms with Crippen LogP contribution < -0.4 is 0 Å². The molecule has 8 aromatic carbocycles. The first-order valence-electron chi connectivity index (χ1n) is 25.5. The lowest BCUT2D eigenvalue weighted by Gasteiger charge is -2.29. The third-order valence-corrected chi connectivity index (χ3v) is 14.2. The van der Waals surface area contributed by atoms with Crippen LogP contribution >= 0.6 is 0 Å². The standard InChI is InChI=1S/C67H63N3O2/c71-66(69(47-42-61(52-25-9-1-10-26-52)53-27-11-2-12-28-53)48-43-62(54-29-13-3-14-30-54)55-31-15-4-16-32-55)60-41-46-68-65(51-60)67(72)70(49-44-63(56-33-17-5-18-34-56)57-35-19-6-20-36-57)50-45-64(58-37-21-7-22-38-58)59-39-23-8-24-40-59/h1-41,46,51,61-64H,42-45,47-50H2. The molecule has 5 heteroatoms. The zero-order valence-electron chi connectivity index (χ0n) is 41.0. The highest BCUT2D eigenvalue weighted by atomic mass is 16.2. The highest BCUT2D eigenvalue weighted by molar-refractivity contribution is 5.98. The quantitative estimate of drug-likeness (QED) is 0.0680. The molecule has 0 saturated heterocycles. The van der Waals surface area contributed by atoms with Crippen molar-refractivity contribution in [2.45, 2.75) is 49.4 Å². The highest BCUT2D eigenvalue weighted by Gasteiger charge is 2.27. The van der Waals surface area contributed by atoms with E-state index in [0.29, 0.717) is 44.6 Å². The van der Waals surface area contributed by atoms with Crippen molar-refractivity contribution in [2.24, 2.45) is 0 Å². The van der Waals surface area contributed by atoms with Crippen LogP contribution in [0.4, 0.5) is 0 Å². The average Bonchev–Trinajstić information content (AvgIpc) is 3.46. The maximum atomic E-state index is 15.3. The number of amides is 2. The molecule has 0 unspecified atom stereocenters. The molecule has 1 heterocycles. The molecule has 0 spiro atoms. The SMILES string of the molecule is O=C(c1ccnc(C(=O)N(CCC(c2ccccc2)c2ccccc2)CCC(c2ccccc2)c2ccccc2)c1)N(CCC(c1ccccc1)c1ccccc1)CCC(c1ccccc1)c1ccccc1. The summed E-state index contributed by atoms with van der Waals surface area (Å²) in [6, 6.07) is 88.1. The lowest BCUT2D eigenvalue weighted by Crippen LogP contribution is -2.36. The minimum atomic E-state index is -0.183. The van der Waals surface area contributed by atoms with Gasteiger partial charge in [-0.25, -0.2) is 0 Å². The van der Waals surface area contributed by atoms with E-state index >= 15 is 9.59 Å². The van der Waals surface area contributed by atoms with E-state index in [2.05, 4.69) is 194 Å². The predicted molar refractivity (Wildman–Crippen MR) is 293 cm³/mol. The maximum absolute atomic E-state index is 15.3. The van der Waals surface area contributed by atoms with Crippen LogP contribution in [0.2, 0.25) is 0 Å². The molecule has 0 radical (unpaired) electrons. The molecule has 0 fully saturated rings. The predicted octanol–water partition coefficient (Wildman–Crippen LogP) is 14.9. The Balaban J connectivity index is 1.03. The first-order valence-corrected chi connectivity index (χ1v) is 25.5. The number of pyridine rings is 1. The fraction of sp³-hybridized carbons (Fsp3) is 0.179. The summed E-state index contributed by atoms with van der Waals surface area (Å²) >= 11 is 0. The topological polar surface area (TPSA) is 53.5 Å². The molecule has 0 aliphatic heterocycles. The molecular formula is C67H63N3O2. The van der Waals surface area contributed by atoms with Crippen molar-refractivity contribution >= 4 is 11.8 Å². The van der Waals surface area contributed by atoms with Gasteiger partial charge in [0.25, 0.3) is 11.8 Å². The number of hydrogen-bond donors (Lipinski definition) is 0. The number of rotatable bonds is 22. The molecule has 2 amide bonds. The van der Waals surface area contributed by atoms with Crippen LogP contribution in [0, 0.1) is 0 Å². The highest BCUT2D eigenvalue weighted by Crippen LogP contribution is 2.33. The number of nitrogens with zero attached hydrogens (tertiary/aromatic N) is 3. The zero-order chi connectivity index (χ0) is 49.2. The summed E-state index contributed by atoms with van der Waals surface area (Å²) in [5.41, 5.74) is 10.4. The smallest absolute Gasteiger partial charge is 0.272 e. The second-order valence-electron chi connectivity index (χ2n) is 18.7. The molecule has 9 aromatic rings. The summed E-state index contributed by atoms with van der Waals surface area (Å²) in [7, 11) is 0. The van der Waals surface area contributed by atoms with Gasteiger partial charge < -0.3 is 9.80 Å². The Morgan fingerprint density at radius 3 is 0.764 bits per heavy atom. The first-order chi connectivity index (χ1) is 35.6. The second kappa shape index (κ2) is 25.1. The summed E-state index contributed by atoms with van der Waals surface area (Å²) in [4.78, 5) is 39.3. The van der Waals surface area contributed by atoms with Gasteiger partial charge in [0.2, 0.25) is 0 Å². The van der Waals surface area contributed by atoms with Gasteiger partial charge in [-0.2, -0.15) is 0 Å². The fourth-order valence-corrected chi connectivity index (χ4v) is 10.4. The molecule has 0 atom stereocenters. The molecule has 9 rings (SSSR count). The Bertz CT molecular complexity index is 2480. The van der Waals surface area contributed by atoms with E-state index in [1.807, 2.05) is 58.3 Å². The Morgan fingerprint density at radius 2 is 0.528 bits per heavy atom. The van der Waals surface area contributed by atoms with Crippen LogP contribution in [-0.4, -0.2) is 52.8 Å². The van der Waals surface area contributed by atoms with Crippen molar-refractivity contribution in [2.75, 3.05) is 26.2 Å².